The molecule has 1 atom stereocenters. The third kappa shape index (κ3) is 5.92. The largest absolute Gasteiger partial charge is 0.481 e. The fourth-order valence-electron chi connectivity index (χ4n) is 2.39. The number of ether oxygens (including phenoxy) is 1. The summed E-state index contributed by atoms with van der Waals surface area (Å²) in [4.78, 5) is 12.2. The molecule has 0 aliphatic carbocycles. The van der Waals surface area contributed by atoms with Gasteiger partial charge in [-0.15, -0.1) is 0 Å². The molecule has 0 aromatic heterocycles. The molecule has 0 bridgehead atoms. The predicted octanol–water partition coefficient (Wildman–Crippen LogP) is 4.86. The molecule has 0 fully saturated rings. The summed E-state index contributed by atoms with van der Waals surface area (Å²) in [6, 6.07) is 12.4. The van der Waals surface area contributed by atoms with Crippen molar-refractivity contribution >= 4 is 29.3 Å². The molecule has 1 unspecified atom stereocenters. The van der Waals surface area contributed by atoms with Crippen molar-refractivity contribution in [2.45, 2.75) is 32.1 Å². The van der Waals surface area contributed by atoms with Crippen molar-refractivity contribution in [3.8, 4) is 5.75 Å². The van der Waals surface area contributed by atoms with Crippen LogP contribution in [0.2, 0.25) is 5.02 Å². The SMILES string of the molecule is CCc1ccccc1OC(C)C(=O)NCCSCc1c(F)cccc1Cl. The van der Waals surface area contributed by atoms with Crippen molar-refractivity contribution in [1.29, 1.82) is 0 Å². The van der Waals surface area contributed by atoms with Gasteiger partial charge in [-0.2, -0.15) is 11.8 Å². The molecular weight excluding hydrogens is 373 g/mol. The van der Waals surface area contributed by atoms with Crippen LogP contribution in [0.15, 0.2) is 42.5 Å². The van der Waals surface area contributed by atoms with E-state index in [1.165, 1.54) is 17.8 Å². The Balaban J connectivity index is 1.73. The number of thioether (sulfide) groups is 1. The van der Waals surface area contributed by atoms with Crippen LogP contribution in [0.1, 0.15) is 25.0 Å². The normalized spacial score (nSPS) is 11.8. The van der Waals surface area contributed by atoms with Crippen LogP contribution in [0.5, 0.6) is 5.75 Å². The van der Waals surface area contributed by atoms with Gasteiger partial charge in [-0.3, -0.25) is 4.79 Å². The minimum absolute atomic E-state index is 0.166. The lowest BCUT2D eigenvalue weighted by Gasteiger charge is -2.16. The second-order valence-electron chi connectivity index (χ2n) is 5.77. The van der Waals surface area contributed by atoms with Crippen LogP contribution >= 0.6 is 23.4 Å². The summed E-state index contributed by atoms with van der Waals surface area (Å²) >= 11 is 7.51. The van der Waals surface area contributed by atoms with Gasteiger partial charge in [0.2, 0.25) is 0 Å². The Morgan fingerprint density at radius 1 is 1.27 bits per heavy atom. The van der Waals surface area contributed by atoms with Gasteiger partial charge in [0.15, 0.2) is 6.10 Å². The Morgan fingerprint density at radius 2 is 2.04 bits per heavy atom. The first kappa shape index (κ1) is 20.6. The van der Waals surface area contributed by atoms with Gasteiger partial charge in [0.1, 0.15) is 11.6 Å². The minimum Gasteiger partial charge on any atom is -0.481 e. The molecule has 3 nitrogen and oxygen atoms in total. The van der Waals surface area contributed by atoms with E-state index in [1.54, 1.807) is 19.1 Å². The summed E-state index contributed by atoms with van der Waals surface area (Å²) in [7, 11) is 0. The first-order valence-corrected chi connectivity index (χ1v) is 10.1. The van der Waals surface area contributed by atoms with Crippen LogP contribution in [-0.2, 0) is 17.0 Å². The first-order chi connectivity index (χ1) is 12.5. The number of aryl methyl sites for hydroxylation is 1. The molecule has 1 N–H and O–H groups in total. The highest BCUT2D eigenvalue weighted by Crippen LogP contribution is 2.23. The third-order valence-corrected chi connectivity index (χ3v) is 5.22. The van der Waals surface area contributed by atoms with E-state index >= 15 is 0 Å². The summed E-state index contributed by atoms with van der Waals surface area (Å²) in [5, 5.41) is 3.27. The number of rotatable bonds is 9. The van der Waals surface area contributed by atoms with E-state index in [0.29, 0.717) is 28.6 Å². The number of carbonyl (C=O) groups excluding carboxylic acids is 1. The molecule has 0 saturated carbocycles. The summed E-state index contributed by atoms with van der Waals surface area (Å²) < 4.78 is 19.4. The van der Waals surface area contributed by atoms with Gasteiger partial charge in [0, 0.05) is 28.6 Å². The molecule has 140 valence electrons. The number of carbonyl (C=O) groups is 1. The Morgan fingerprint density at radius 3 is 2.77 bits per heavy atom. The van der Waals surface area contributed by atoms with Gasteiger partial charge in [-0.25, -0.2) is 4.39 Å². The maximum Gasteiger partial charge on any atom is 0.260 e. The second-order valence-corrected chi connectivity index (χ2v) is 7.28. The van der Waals surface area contributed by atoms with Crippen molar-refractivity contribution in [3.63, 3.8) is 0 Å². The van der Waals surface area contributed by atoms with Crippen molar-refractivity contribution in [3.05, 3.63) is 64.4 Å². The van der Waals surface area contributed by atoms with Crippen LogP contribution in [0.25, 0.3) is 0 Å². The maximum atomic E-state index is 13.7. The number of halogens is 2. The zero-order valence-electron chi connectivity index (χ0n) is 14.9. The molecule has 2 aromatic rings. The molecule has 0 heterocycles. The summed E-state index contributed by atoms with van der Waals surface area (Å²) in [5.74, 6) is 1.40. The lowest BCUT2D eigenvalue weighted by Crippen LogP contribution is -2.37. The van der Waals surface area contributed by atoms with Gasteiger partial charge in [-0.05, 0) is 37.1 Å². The number of para-hydroxylation sites is 1. The van der Waals surface area contributed by atoms with Crippen LogP contribution < -0.4 is 10.1 Å². The molecule has 2 rings (SSSR count). The quantitative estimate of drug-likeness (QED) is 0.616. The van der Waals surface area contributed by atoms with Gasteiger partial charge >= 0.3 is 0 Å². The Labute approximate surface area is 163 Å². The van der Waals surface area contributed by atoms with Gasteiger partial charge < -0.3 is 10.1 Å². The highest BCUT2D eigenvalue weighted by molar-refractivity contribution is 7.98. The van der Waals surface area contributed by atoms with Crippen molar-refractivity contribution in [1.82, 2.24) is 5.32 Å². The molecule has 0 saturated heterocycles. The lowest BCUT2D eigenvalue weighted by atomic mass is 10.1. The van der Waals surface area contributed by atoms with E-state index in [-0.39, 0.29) is 11.7 Å². The zero-order chi connectivity index (χ0) is 18.9. The number of benzene rings is 2. The zero-order valence-corrected chi connectivity index (χ0v) is 16.5. The molecule has 0 radical (unpaired) electrons. The van der Waals surface area contributed by atoms with Gasteiger partial charge in [0.25, 0.3) is 5.91 Å². The molecule has 0 spiro atoms. The average Bonchev–Trinajstić information content (AvgIpc) is 2.63. The monoisotopic (exact) mass is 395 g/mol. The van der Waals surface area contributed by atoms with Gasteiger partial charge in [0.05, 0.1) is 0 Å². The Bertz CT molecular complexity index is 721. The van der Waals surface area contributed by atoms with Crippen molar-refractivity contribution in [2.24, 2.45) is 0 Å². The molecule has 2 aromatic carbocycles. The second kappa shape index (κ2) is 10.4. The maximum absolute atomic E-state index is 13.7. The standard InChI is InChI=1S/C20H23ClFNO2S/c1-3-15-7-4-5-10-19(15)25-14(2)20(24)23-11-12-26-13-16-17(21)8-6-9-18(16)22/h4-10,14H,3,11-13H2,1-2H3,(H,23,24). The average molecular weight is 396 g/mol. The highest BCUT2D eigenvalue weighted by atomic mass is 35.5. The third-order valence-electron chi connectivity index (χ3n) is 3.88. The molecule has 1 amide bonds. The van der Waals surface area contributed by atoms with E-state index in [2.05, 4.69) is 5.32 Å². The number of hydrogen-bond donors (Lipinski definition) is 1. The number of amides is 1. The molecular formula is C20H23ClFNO2S. The van der Waals surface area contributed by atoms with Crippen molar-refractivity contribution in [2.75, 3.05) is 12.3 Å². The summed E-state index contributed by atoms with van der Waals surface area (Å²) in [5.41, 5.74) is 1.57. The van der Waals surface area contributed by atoms with Crippen LogP contribution in [-0.4, -0.2) is 24.3 Å². The van der Waals surface area contributed by atoms with E-state index in [1.807, 2.05) is 31.2 Å². The fraction of sp³-hybridized carbons (Fsp3) is 0.350. The van der Waals surface area contributed by atoms with E-state index in [4.69, 9.17) is 16.3 Å². The summed E-state index contributed by atoms with van der Waals surface area (Å²) in [6.07, 6.45) is 0.272. The molecule has 26 heavy (non-hydrogen) atoms. The van der Waals surface area contributed by atoms with Crippen LogP contribution in [0.3, 0.4) is 0 Å². The molecule has 0 aliphatic rings. The lowest BCUT2D eigenvalue weighted by molar-refractivity contribution is -0.127. The Kier molecular flexibility index (Phi) is 8.26. The minimum atomic E-state index is -0.575. The van der Waals surface area contributed by atoms with E-state index in [9.17, 15) is 9.18 Å². The van der Waals surface area contributed by atoms with Crippen molar-refractivity contribution < 1.29 is 13.9 Å². The number of nitrogens with one attached hydrogen (secondary N) is 1. The topological polar surface area (TPSA) is 38.3 Å². The Hall–Kier alpha value is -1.72. The van der Waals surface area contributed by atoms with E-state index < -0.39 is 6.10 Å². The van der Waals surface area contributed by atoms with E-state index in [0.717, 1.165) is 17.7 Å². The summed E-state index contributed by atoms with van der Waals surface area (Å²) in [6.45, 7) is 4.26. The predicted molar refractivity (Wildman–Crippen MR) is 106 cm³/mol. The first-order valence-electron chi connectivity index (χ1n) is 8.55. The highest BCUT2D eigenvalue weighted by Gasteiger charge is 2.15. The fourth-order valence-corrected chi connectivity index (χ4v) is 3.59. The number of hydrogen-bond acceptors (Lipinski definition) is 3. The van der Waals surface area contributed by atoms with Crippen LogP contribution in [0.4, 0.5) is 4.39 Å². The smallest absolute Gasteiger partial charge is 0.260 e. The molecule has 0 aliphatic heterocycles. The molecule has 6 heteroatoms. The van der Waals surface area contributed by atoms with Gasteiger partial charge in [-0.1, -0.05) is 42.8 Å². The van der Waals surface area contributed by atoms with Crippen LogP contribution in [0, 0.1) is 5.82 Å².